The van der Waals surface area contributed by atoms with Gasteiger partial charge in [0.05, 0.1) is 7.11 Å². The number of carbonyl (C=O) groups is 2. The fraction of sp³-hybridized carbons (Fsp3) is 0.438. The minimum absolute atomic E-state index is 0.0331. The zero-order valence-corrected chi connectivity index (χ0v) is 14.1. The summed E-state index contributed by atoms with van der Waals surface area (Å²) in [6.45, 7) is 2.37. The van der Waals surface area contributed by atoms with Crippen LogP contribution in [0.15, 0.2) is 24.5 Å². The minimum Gasteiger partial charge on any atom is -0.494 e. The lowest BCUT2D eigenvalue weighted by atomic mass is 10.2. The van der Waals surface area contributed by atoms with Crippen molar-refractivity contribution in [3.63, 3.8) is 0 Å². The summed E-state index contributed by atoms with van der Waals surface area (Å²) in [5.74, 6) is 1.00. The van der Waals surface area contributed by atoms with E-state index in [1.165, 1.54) is 11.0 Å². The molecule has 1 aliphatic carbocycles. The summed E-state index contributed by atoms with van der Waals surface area (Å²) in [5, 5.41) is 16.6. The van der Waals surface area contributed by atoms with Gasteiger partial charge in [-0.2, -0.15) is 4.68 Å². The quantitative estimate of drug-likeness (QED) is 0.767. The number of nitrogens with one attached hydrogen (secondary N) is 2. The fourth-order valence-corrected chi connectivity index (χ4v) is 2.56. The molecule has 9 nitrogen and oxygen atoms in total. The van der Waals surface area contributed by atoms with Crippen molar-refractivity contribution in [1.82, 2.24) is 25.5 Å². The molecule has 132 valence electrons. The van der Waals surface area contributed by atoms with E-state index < -0.39 is 0 Å². The molecule has 1 aliphatic rings. The van der Waals surface area contributed by atoms with Crippen molar-refractivity contribution < 1.29 is 14.3 Å². The molecule has 1 heterocycles. The van der Waals surface area contributed by atoms with Gasteiger partial charge in [0, 0.05) is 24.6 Å². The molecular formula is C16H20N6O3. The number of benzene rings is 1. The third kappa shape index (κ3) is 4.11. The van der Waals surface area contributed by atoms with E-state index in [1.54, 1.807) is 25.3 Å². The number of hydrogen-bond donors (Lipinski definition) is 2. The number of nitrogens with zero attached hydrogens (tertiary/aromatic N) is 4. The molecule has 1 saturated carbocycles. The molecule has 25 heavy (non-hydrogen) atoms. The van der Waals surface area contributed by atoms with Crippen LogP contribution in [0.3, 0.4) is 0 Å². The van der Waals surface area contributed by atoms with E-state index in [1.807, 2.05) is 6.92 Å². The lowest BCUT2D eigenvalue weighted by molar-refractivity contribution is -0.122. The van der Waals surface area contributed by atoms with Gasteiger partial charge < -0.3 is 15.4 Å². The van der Waals surface area contributed by atoms with Crippen LogP contribution in [0.5, 0.6) is 5.75 Å². The van der Waals surface area contributed by atoms with Gasteiger partial charge in [0.2, 0.25) is 11.8 Å². The molecule has 1 aromatic heterocycles. The monoisotopic (exact) mass is 344 g/mol. The molecule has 9 heteroatoms. The van der Waals surface area contributed by atoms with Gasteiger partial charge in [0.25, 0.3) is 0 Å². The Hall–Kier alpha value is -2.97. The second-order valence-corrected chi connectivity index (χ2v) is 6.05. The molecule has 2 amide bonds. The van der Waals surface area contributed by atoms with Crippen LogP contribution in [0.25, 0.3) is 5.69 Å². The number of rotatable bonds is 7. The third-order valence-corrected chi connectivity index (χ3v) is 4.16. The highest BCUT2D eigenvalue weighted by atomic mass is 16.5. The van der Waals surface area contributed by atoms with Crippen LogP contribution in [-0.2, 0) is 9.59 Å². The first kappa shape index (κ1) is 16.9. The zero-order valence-electron chi connectivity index (χ0n) is 14.1. The maximum Gasteiger partial charge on any atom is 0.226 e. The van der Waals surface area contributed by atoms with Crippen molar-refractivity contribution in [2.24, 2.45) is 11.8 Å². The normalized spacial score (nSPS) is 18.5. The van der Waals surface area contributed by atoms with Gasteiger partial charge in [-0.25, -0.2) is 0 Å². The molecule has 0 radical (unpaired) electrons. The van der Waals surface area contributed by atoms with Gasteiger partial charge in [-0.05, 0) is 41.0 Å². The van der Waals surface area contributed by atoms with E-state index in [-0.39, 0.29) is 24.2 Å². The van der Waals surface area contributed by atoms with Crippen molar-refractivity contribution >= 4 is 17.5 Å². The largest absolute Gasteiger partial charge is 0.494 e. The Morgan fingerprint density at radius 2 is 2.20 bits per heavy atom. The maximum absolute atomic E-state index is 12.1. The van der Waals surface area contributed by atoms with Gasteiger partial charge in [0.1, 0.15) is 17.8 Å². The number of methoxy groups -OCH3 is 1. The second-order valence-electron chi connectivity index (χ2n) is 6.05. The molecule has 1 aromatic carbocycles. The molecule has 0 saturated heterocycles. The van der Waals surface area contributed by atoms with Gasteiger partial charge >= 0.3 is 0 Å². The molecule has 2 aromatic rings. The SMILES string of the molecule is COc1ccc(NC(=O)CCNC(=O)C2CC2C)cc1-n1cnnn1. The fourth-order valence-electron chi connectivity index (χ4n) is 2.56. The number of ether oxygens (including phenoxy) is 1. The molecule has 2 unspecified atom stereocenters. The van der Waals surface area contributed by atoms with E-state index in [9.17, 15) is 9.59 Å². The van der Waals surface area contributed by atoms with Crippen molar-refractivity contribution in [3.05, 3.63) is 24.5 Å². The topological polar surface area (TPSA) is 111 Å². The molecule has 3 rings (SSSR count). The van der Waals surface area contributed by atoms with Crippen LogP contribution in [0.2, 0.25) is 0 Å². The van der Waals surface area contributed by atoms with E-state index in [0.717, 1.165) is 6.42 Å². The van der Waals surface area contributed by atoms with E-state index in [4.69, 9.17) is 4.74 Å². The maximum atomic E-state index is 12.1. The Labute approximate surface area is 144 Å². The molecule has 0 aliphatic heterocycles. The molecule has 1 fully saturated rings. The summed E-state index contributed by atoms with van der Waals surface area (Å²) >= 11 is 0. The highest BCUT2D eigenvalue weighted by molar-refractivity contribution is 5.91. The average molecular weight is 344 g/mol. The van der Waals surface area contributed by atoms with Crippen LogP contribution in [0, 0.1) is 11.8 Å². The first-order valence-corrected chi connectivity index (χ1v) is 8.07. The van der Waals surface area contributed by atoms with Crippen molar-refractivity contribution in [1.29, 1.82) is 0 Å². The van der Waals surface area contributed by atoms with Crippen LogP contribution in [-0.4, -0.2) is 45.7 Å². The van der Waals surface area contributed by atoms with E-state index in [2.05, 4.69) is 26.2 Å². The summed E-state index contributed by atoms with van der Waals surface area (Å²) in [7, 11) is 1.55. The summed E-state index contributed by atoms with van der Waals surface area (Å²) in [6.07, 6.45) is 2.58. The van der Waals surface area contributed by atoms with Crippen LogP contribution in [0.1, 0.15) is 19.8 Å². The van der Waals surface area contributed by atoms with Crippen LogP contribution in [0.4, 0.5) is 5.69 Å². The first-order chi connectivity index (χ1) is 12.1. The molecule has 0 bridgehead atoms. The smallest absolute Gasteiger partial charge is 0.226 e. The summed E-state index contributed by atoms with van der Waals surface area (Å²) in [5.41, 5.74) is 1.21. The Bertz CT molecular complexity index is 761. The number of carbonyl (C=O) groups excluding carboxylic acids is 2. The number of hydrogen-bond acceptors (Lipinski definition) is 6. The molecule has 2 atom stereocenters. The Balaban J connectivity index is 1.56. The standard InChI is InChI=1S/C16H20N6O3/c1-10-7-12(10)16(24)17-6-5-15(23)19-11-3-4-14(25-2)13(8-11)22-9-18-20-21-22/h3-4,8-10,12H,5-7H2,1-2H3,(H,17,24)(H,19,23). The molecule has 2 N–H and O–H groups in total. The predicted molar refractivity (Wildman–Crippen MR) is 89.2 cm³/mol. The summed E-state index contributed by atoms with van der Waals surface area (Å²) in [6, 6.07) is 5.18. The Morgan fingerprint density at radius 3 is 2.84 bits per heavy atom. The van der Waals surface area contributed by atoms with Crippen molar-refractivity contribution in [2.45, 2.75) is 19.8 Å². The molecular weight excluding hydrogens is 324 g/mol. The lowest BCUT2D eigenvalue weighted by Gasteiger charge is -2.11. The van der Waals surface area contributed by atoms with Gasteiger partial charge in [-0.3, -0.25) is 9.59 Å². The van der Waals surface area contributed by atoms with Crippen LogP contribution < -0.4 is 15.4 Å². The lowest BCUT2D eigenvalue weighted by Crippen LogP contribution is -2.29. The Morgan fingerprint density at radius 1 is 1.40 bits per heavy atom. The first-order valence-electron chi connectivity index (χ1n) is 8.07. The second kappa shape index (κ2) is 7.29. The van der Waals surface area contributed by atoms with Gasteiger partial charge in [-0.15, -0.1) is 5.10 Å². The highest BCUT2D eigenvalue weighted by Crippen LogP contribution is 2.37. The Kier molecular flexibility index (Phi) is 4.92. The van der Waals surface area contributed by atoms with Gasteiger partial charge in [0.15, 0.2) is 0 Å². The average Bonchev–Trinajstić information content (AvgIpc) is 3.10. The number of tetrazole rings is 1. The van der Waals surface area contributed by atoms with E-state index in [0.29, 0.717) is 29.6 Å². The summed E-state index contributed by atoms with van der Waals surface area (Å²) < 4.78 is 6.73. The predicted octanol–water partition coefficient (Wildman–Crippen LogP) is 0.772. The van der Waals surface area contributed by atoms with Crippen LogP contribution >= 0.6 is 0 Å². The van der Waals surface area contributed by atoms with Crippen molar-refractivity contribution in [3.8, 4) is 11.4 Å². The molecule has 0 spiro atoms. The highest BCUT2D eigenvalue weighted by Gasteiger charge is 2.38. The third-order valence-electron chi connectivity index (χ3n) is 4.16. The van der Waals surface area contributed by atoms with E-state index >= 15 is 0 Å². The number of aromatic nitrogens is 4. The summed E-state index contributed by atoms with van der Waals surface area (Å²) in [4.78, 5) is 23.8. The number of amides is 2. The van der Waals surface area contributed by atoms with Crippen molar-refractivity contribution in [2.75, 3.05) is 19.0 Å². The number of anilines is 1. The minimum atomic E-state index is -0.183. The van der Waals surface area contributed by atoms with Gasteiger partial charge in [-0.1, -0.05) is 6.92 Å². The zero-order chi connectivity index (χ0) is 17.8.